The van der Waals surface area contributed by atoms with Crippen molar-refractivity contribution in [1.82, 2.24) is 4.98 Å². The molecule has 26 heavy (non-hydrogen) atoms. The zero-order valence-corrected chi connectivity index (χ0v) is 16.9. The average Bonchev–Trinajstić information content (AvgIpc) is 2.72. The van der Waals surface area contributed by atoms with Gasteiger partial charge in [0, 0.05) is 18.2 Å². The number of aromatic nitrogens is 1. The zero-order chi connectivity index (χ0) is 19.7. The monoisotopic (exact) mass is 397 g/mol. The fraction of sp³-hybridized carbons (Fsp3) is 0.471. The highest BCUT2D eigenvalue weighted by Gasteiger charge is 2.52. The lowest BCUT2D eigenvalue weighted by Gasteiger charge is -2.32. The SMILES string of the molecule is CC(=O)SCC(=Cc1ccc(Cl)nc1C(=O)O)B1OC(C)(C)C(C)(C)O1. The molecule has 0 unspecified atom stereocenters. The van der Waals surface area contributed by atoms with Crippen LogP contribution in [0, 0.1) is 0 Å². The summed E-state index contributed by atoms with van der Waals surface area (Å²) in [4.78, 5) is 26.8. The van der Waals surface area contributed by atoms with Crippen molar-refractivity contribution in [3.05, 3.63) is 34.0 Å². The first-order valence-electron chi connectivity index (χ1n) is 8.02. The van der Waals surface area contributed by atoms with Crippen LogP contribution < -0.4 is 0 Å². The molecule has 6 nitrogen and oxygen atoms in total. The Morgan fingerprint density at radius 3 is 2.35 bits per heavy atom. The van der Waals surface area contributed by atoms with Crippen LogP contribution in [0.25, 0.3) is 6.08 Å². The van der Waals surface area contributed by atoms with E-state index in [1.807, 2.05) is 27.7 Å². The summed E-state index contributed by atoms with van der Waals surface area (Å²) in [6.07, 6.45) is 1.64. The molecule has 0 radical (unpaired) electrons. The molecule has 9 heteroatoms. The molecule has 1 aromatic rings. The smallest absolute Gasteiger partial charge is 0.476 e. The van der Waals surface area contributed by atoms with E-state index in [1.54, 1.807) is 12.1 Å². The highest BCUT2D eigenvalue weighted by Crippen LogP contribution is 2.39. The third-order valence-corrected chi connectivity index (χ3v) is 5.53. The van der Waals surface area contributed by atoms with Crippen LogP contribution in [0.4, 0.5) is 0 Å². The molecule has 1 saturated heterocycles. The molecular weight excluding hydrogens is 377 g/mol. The Bertz CT molecular complexity index is 750. The van der Waals surface area contributed by atoms with E-state index in [9.17, 15) is 14.7 Å². The number of carbonyl (C=O) groups excluding carboxylic acids is 1. The van der Waals surface area contributed by atoms with Gasteiger partial charge in [-0.3, -0.25) is 4.79 Å². The van der Waals surface area contributed by atoms with E-state index < -0.39 is 24.3 Å². The van der Waals surface area contributed by atoms with Crippen LogP contribution in [0.2, 0.25) is 5.15 Å². The third-order valence-electron chi connectivity index (χ3n) is 4.43. The molecule has 0 amide bonds. The first-order valence-corrected chi connectivity index (χ1v) is 9.38. The summed E-state index contributed by atoms with van der Waals surface area (Å²) >= 11 is 6.91. The molecule has 1 fully saturated rings. The molecule has 0 aromatic carbocycles. The Morgan fingerprint density at radius 2 is 1.85 bits per heavy atom. The summed E-state index contributed by atoms with van der Waals surface area (Å²) in [5.41, 5.74) is -0.248. The summed E-state index contributed by atoms with van der Waals surface area (Å²) in [6, 6.07) is 3.09. The van der Waals surface area contributed by atoms with Crippen LogP contribution >= 0.6 is 23.4 Å². The van der Waals surface area contributed by atoms with E-state index in [0.717, 1.165) is 11.8 Å². The molecule has 2 heterocycles. The van der Waals surface area contributed by atoms with E-state index >= 15 is 0 Å². The van der Waals surface area contributed by atoms with Gasteiger partial charge in [0.2, 0.25) is 0 Å². The predicted molar refractivity (Wildman–Crippen MR) is 103 cm³/mol. The van der Waals surface area contributed by atoms with E-state index in [-0.39, 0.29) is 16.0 Å². The van der Waals surface area contributed by atoms with Crippen molar-refractivity contribution in [3.8, 4) is 0 Å². The molecule has 1 aliphatic heterocycles. The van der Waals surface area contributed by atoms with E-state index in [1.165, 1.54) is 13.0 Å². The van der Waals surface area contributed by atoms with Crippen LogP contribution in [0.1, 0.15) is 50.7 Å². The van der Waals surface area contributed by atoms with Gasteiger partial charge in [0.05, 0.1) is 11.2 Å². The first kappa shape index (κ1) is 21.0. The molecule has 140 valence electrons. The first-order chi connectivity index (χ1) is 11.9. The van der Waals surface area contributed by atoms with E-state index in [4.69, 9.17) is 20.9 Å². The molecule has 0 bridgehead atoms. The molecule has 2 rings (SSSR count). The number of halogens is 1. The lowest BCUT2D eigenvalue weighted by atomic mass is 9.78. The molecular formula is C17H21BClNO5S. The maximum atomic E-state index is 11.5. The number of carboxylic acids is 1. The molecule has 1 aliphatic rings. The van der Waals surface area contributed by atoms with Crippen molar-refractivity contribution < 1.29 is 24.0 Å². The lowest BCUT2D eigenvalue weighted by molar-refractivity contribution is -0.109. The van der Waals surface area contributed by atoms with Crippen LogP contribution in [0.5, 0.6) is 0 Å². The van der Waals surface area contributed by atoms with Gasteiger partial charge < -0.3 is 14.4 Å². The maximum absolute atomic E-state index is 11.5. The summed E-state index contributed by atoms with van der Waals surface area (Å²) in [6.45, 7) is 9.17. The number of rotatable bonds is 5. The van der Waals surface area contributed by atoms with Crippen molar-refractivity contribution in [2.75, 3.05) is 5.75 Å². The van der Waals surface area contributed by atoms with Crippen molar-refractivity contribution in [2.45, 2.75) is 45.8 Å². The lowest BCUT2D eigenvalue weighted by Crippen LogP contribution is -2.41. The minimum absolute atomic E-state index is 0.0555. The molecule has 0 atom stereocenters. The largest absolute Gasteiger partial charge is 0.491 e. The van der Waals surface area contributed by atoms with Gasteiger partial charge in [-0.05, 0) is 45.3 Å². The normalized spacial score (nSPS) is 18.8. The van der Waals surface area contributed by atoms with Gasteiger partial charge in [-0.15, -0.1) is 0 Å². The zero-order valence-electron chi connectivity index (χ0n) is 15.3. The van der Waals surface area contributed by atoms with E-state index in [2.05, 4.69) is 4.98 Å². The maximum Gasteiger partial charge on any atom is 0.491 e. The average molecular weight is 398 g/mol. The number of nitrogens with zero attached hydrogens (tertiary/aromatic N) is 1. The highest BCUT2D eigenvalue weighted by atomic mass is 35.5. The number of carboxylic acid groups (broad SMARTS) is 1. The van der Waals surface area contributed by atoms with Gasteiger partial charge in [0.1, 0.15) is 5.15 Å². The predicted octanol–water partition coefficient (Wildman–Crippen LogP) is 3.73. The Labute approximate surface area is 162 Å². The second kappa shape index (κ2) is 7.72. The Kier molecular flexibility index (Phi) is 6.22. The van der Waals surface area contributed by atoms with Crippen molar-refractivity contribution >= 4 is 47.6 Å². The number of pyridine rings is 1. The second-order valence-electron chi connectivity index (χ2n) is 6.96. The Morgan fingerprint density at radius 1 is 1.27 bits per heavy atom. The summed E-state index contributed by atoms with van der Waals surface area (Å²) < 4.78 is 12.1. The number of aromatic carboxylic acids is 1. The number of carbonyl (C=O) groups is 2. The number of hydrogen-bond acceptors (Lipinski definition) is 6. The van der Waals surface area contributed by atoms with E-state index in [0.29, 0.717) is 16.8 Å². The summed E-state index contributed by atoms with van der Waals surface area (Å²) in [5, 5.41) is 9.42. The fourth-order valence-electron chi connectivity index (χ4n) is 2.29. The molecule has 1 aromatic heterocycles. The van der Waals surface area contributed by atoms with Gasteiger partial charge in [-0.1, -0.05) is 29.4 Å². The molecule has 0 saturated carbocycles. The van der Waals surface area contributed by atoms with Crippen LogP contribution in [0.15, 0.2) is 17.6 Å². The second-order valence-corrected chi connectivity index (χ2v) is 8.50. The van der Waals surface area contributed by atoms with Gasteiger partial charge in [0.25, 0.3) is 0 Å². The Hall–Kier alpha value is -1.35. The van der Waals surface area contributed by atoms with Crippen molar-refractivity contribution in [3.63, 3.8) is 0 Å². The summed E-state index contributed by atoms with van der Waals surface area (Å²) in [7, 11) is -0.691. The van der Waals surface area contributed by atoms with Gasteiger partial charge in [-0.2, -0.15) is 0 Å². The van der Waals surface area contributed by atoms with Crippen LogP contribution in [0.3, 0.4) is 0 Å². The minimum Gasteiger partial charge on any atom is -0.476 e. The van der Waals surface area contributed by atoms with Crippen molar-refractivity contribution in [1.29, 1.82) is 0 Å². The standard InChI is InChI=1S/C17H21BClNO5S/c1-10(21)26-9-12(18-24-16(2,3)17(4,5)25-18)8-11-6-7-13(19)20-14(11)15(22)23/h6-8H,9H2,1-5H3,(H,22,23). The Balaban J connectivity index is 2.45. The molecule has 0 spiro atoms. The molecule has 0 aliphatic carbocycles. The molecule has 1 N–H and O–H groups in total. The quantitative estimate of drug-likeness (QED) is 0.598. The van der Waals surface area contributed by atoms with Crippen LogP contribution in [-0.2, 0) is 14.1 Å². The topological polar surface area (TPSA) is 85.7 Å². The summed E-state index contributed by atoms with van der Waals surface area (Å²) in [5.74, 6) is -0.875. The number of thioether (sulfide) groups is 1. The number of hydrogen-bond donors (Lipinski definition) is 1. The van der Waals surface area contributed by atoms with Gasteiger partial charge in [-0.25, -0.2) is 9.78 Å². The highest BCUT2D eigenvalue weighted by molar-refractivity contribution is 8.13. The fourth-order valence-corrected chi connectivity index (χ4v) is 3.03. The van der Waals surface area contributed by atoms with Gasteiger partial charge in [0.15, 0.2) is 10.8 Å². The van der Waals surface area contributed by atoms with Gasteiger partial charge >= 0.3 is 13.1 Å². The van der Waals surface area contributed by atoms with Crippen LogP contribution in [-0.4, -0.2) is 45.2 Å². The minimum atomic E-state index is -1.19. The third kappa shape index (κ3) is 4.68. The van der Waals surface area contributed by atoms with Crippen molar-refractivity contribution in [2.24, 2.45) is 0 Å².